The van der Waals surface area contributed by atoms with Gasteiger partial charge < -0.3 is 0 Å². The van der Waals surface area contributed by atoms with Gasteiger partial charge in [-0.15, -0.1) is 0 Å². The standard InChI is InChI=1S/C46H68/c1-3-5-7-9-11-13-15-17-19-21-23-25-29-39-31-27-33-43-41(39)35-37-46-44-34-28-32-40(42(44)36-38-45(43)46)30-26-24-22-20-18-16-14-12-10-8-6-4-2/h27-28,31-38H,3-26,29-30H2,1-2H3. The van der Waals surface area contributed by atoms with E-state index in [4.69, 9.17) is 0 Å². The summed E-state index contributed by atoms with van der Waals surface area (Å²) in [5.41, 5.74) is 3.07. The van der Waals surface area contributed by atoms with Gasteiger partial charge in [-0.05, 0) is 69.1 Å². The molecule has 0 aliphatic heterocycles. The van der Waals surface area contributed by atoms with Crippen molar-refractivity contribution < 1.29 is 0 Å². The Morgan fingerprint density at radius 2 is 0.522 bits per heavy atom. The number of hydrogen-bond donors (Lipinski definition) is 0. The predicted molar refractivity (Wildman–Crippen MR) is 209 cm³/mol. The van der Waals surface area contributed by atoms with Crippen molar-refractivity contribution >= 4 is 32.3 Å². The van der Waals surface area contributed by atoms with E-state index in [-0.39, 0.29) is 0 Å². The quantitative estimate of drug-likeness (QED) is 0.0484. The summed E-state index contributed by atoms with van der Waals surface area (Å²) < 4.78 is 0. The molecular formula is C46H68. The minimum Gasteiger partial charge on any atom is -0.0654 e. The second-order valence-electron chi connectivity index (χ2n) is 14.5. The highest BCUT2D eigenvalue weighted by Crippen LogP contribution is 2.34. The van der Waals surface area contributed by atoms with Crippen LogP contribution >= 0.6 is 0 Å². The van der Waals surface area contributed by atoms with Crippen LogP contribution in [0.2, 0.25) is 0 Å². The van der Waals surface area contributed by atoms with Crippen LogP contribution in [0.3, 0.4) is 0 Å². The van der Waals surface area contributed by atoms with Crippen LogP contribution in [0.1, 0.15) is 179 Å². The van der Waals surface area contributed by atoms with Gasteiger partial charge in [-0.2, -0.15) is 0 Å². The zero-order valence-corrected chi connectivity index (χ0v) is 30.2. The maximum Gasteiger partial charge on any atom is -0.00989 e. The summed E-state index contributed by atoms with van der Waals surface area (Å²) >= 11 is 0. The fourth-order valence-corrected chi connectivity index (χ4v) is 7.82. The minimum atomic E-state index is 1.21. The van der Waals surface area contributed by atoms with Crippen LogP contribution in [0.4, 0.5) is 0 Å². The molecule has 4 aromatic rings. The molecule has 0 N–H and O–H groups in total. The van der Waals surface area contributed by atoms with Crippen LogP contribution in [0.25, 0.3) is 32.3 Å². The molecule has 252 valence electrons. The van der Waals surface area contributed by atoms with Crippen LogP contribution < -0.4 is 0 Å². The molecule has 0 atom stereocenters. The highest BCUT2D eigenvalue weighted by molar-refractivity contribution is 6.18. The first-order valence-electron chi connectivity index (χ1n) is 20.2. The van der Waals surface area contributed by atoms with Crippen molar-refractivity contribution in [1.29, 1.82) is 0 Å². The van der Waals surface area contributed by atoms with Crippen molar-refractivity contribution in [3.05, 3.63) is 71.8 Å². The molecule has 0 radical (unpaired) electrons. The molecule has 0 spiro atoms. The van der Waals surface area contributed by atoms with Gasteiger partial charge in [0, 0.05) is 0 Å². The summed E-state index contributed by atoms with van der Waals surface area (Å²) in [7, 11) is 0. The Morgan fingerprint density at radius 1 is 0.261 bits per heavy atom. The first-order valence-corrected chi connectivity index (χ1v) is 20.2. The largest absolute Gasteiger partial charge is 0.0654 e. The first kappa shape index (κ1) is 36.5. The molecule has 0 unspecified atom stereocenters. The molecule has 0 aliphatic rings. The van der Waals surface area contributed by atoms with E-state index in [2.05, 4.69) is 74.5 Å². The Labute approximate surface area is 284 Å². The smallest absolute Gasteiger partial charge is 0.00989 e. The number of fused-ring (bicyclic) bond motifs is 5. The van der Waals surface area contributed by atoms with Crippen LogP contribution in [0.5, 0.6) is 0 Å². The van der Waals surface area contributed by atoms with Crippen molar-refractivity contribution in [1.82, 2.24) is 0 Å². The molecule has 4 rings (SSSR count). The average Bonchev–Trinajstić information content (AvgIpc) is 3.09. The Balaban J connectivity index is 1.22. The van der Waals surface area contributed by atoms with Gasteiger partial charge in [-0.1, -0.05) is 216 Å². The van der Waals surface area contributed by atoms with E-state index in [1.54, 1.807) is 0 Å². The van der Waals surface area contributed by atoms with Crippen LogP contribution in [-0.2, 0) is 12.8 Å². The summed E-state index contributed by atoms with van der Waals surface area (Å²) in [5.74, 6) is 0. The molecule has 0 heterocycles. The molecule has 0 nitrogen and oxygen atoms in total. The van der Waals surface area contributed by atoms with Crippen molar-refractivity contribution in [2.45, 2.75) is 181 Å². The second-order valence-corrected chi connectivity index (χ2v) is 14.5. The molecule has 0 amide bonds. The highest BCUT2D eigenvalue weighted by Gasteiger charge is 2.10. The fraction of sp³-hybridized carbons (Fsp3) is 0.609. The number of unbranched alkanes of at least 4 members (excludes halogenated alkanes) is 22. The number of rotatable bonds is 26. The molecule has 0 heteroatoms. The number of aryl methyl sites for hydroxylation is 2. The van der Waals surface area contributed by atoms with Gasteiger partial charge in [-0.3, -0.25) is 0 Å². The van der Waals surface area contributed by atoms with E-state index in [9.17, 15) is 0 Å². The fourth-order valence-electron chi connectivity index (χ4n) is 7.82. The SMILES string of the molecule is CCCCCCCCCCCCCCc1cccc2c1ccc1c3cccc(CCCCCCCCCCCCCC)c3ccc21. The normalized spacial score (nSPS) is 11.8. The zero-order valence-electron chi connectivity index (χ0n) is 30.2. The zero-order chi connectivity index (χ0) is 32.1. The average molecular weight is 621 g/mol. The van der Waals surface area contributed by atoms with Gasteiger partial charge in [0.2, 0.25) is 0 Å². The summed E-state index contributed by atoms with van der Waals surface area (Å²) in [4.78, 5) is 0. The third-order valence-electron chi connectivity index (χ3n) is 10.7. The lowest BCUT2D eigenvalue weighted by Gasteiger charge is -2.13. The molecule has 0 aliphatic carbocycles. The number of hydrogen-bond acceptors (Lipinski definition) is 0. The van der Waals surface area contributed by atoms with Gasteiger partial charge in [0.05, 0.1) is 0 Å². The van der Waals surface area contributed by atoms with Gasteiger partial charge in [0.15, 0.2) is 0 Å². The summed E-state index contributed by atoms with van der Waals surface area (Å²) in [6, 6.07) is 23.7. The minimum absolute atomic E-state index is 1.21. The molecule has 46 heavy (non-hydrogen) atoms. The summed E-state index contributed by atoms with van der Waals surface area (Å²) in [5, 5.41) is 8.63. The lowest BCUT2D eigenvalue weighted by Crippen LogP contribution is -1.91. The third-order valence-corrected chi connectivity index (χ3v) is 10.7. The predicted octanol–water partition coefficient (Wildman–Crippen LogP) is 15.6. The van der Waals surface area contributed by atoms with Crippen molar-refractivity contribution in [2.75, 3.05) is 0 Å². The molecule has 4 aromatic carbocycles. The third kappa shape index (κ3) is 12.0. The molecule has 0 saturated heterocycles. The molecule has 0 bridgehead atoms. The van der Waals surface area contributed by atoms with Crippen LogP contribution in [0, 0.1) is 0 Å². The molecule has 0 fully saturated rings. The van der Waals surface area contributed by atoms with E-state index < -0.39 is 0 Å². The Kier molecular flexibility index (Phi) is 17.7. The molecular weight excluding hydrogens is 553 g/mol. The van der Waals surface area contributed by atoms with Crippen LogP contribution in [0.15, 0.2) is 60.7 Å². The lowest BCUT2D eigenvalue weighted by molar-refractivity contribution is 0.544. The van der Waals surface area contributed by atoms with Gasteiger partial charge >= 0.3 is 0 Å². The maximum atomic E-state index is 2.42. The summed E-state index contributed by atoms with van der Waals surface area (Å²) in [6.07, 6.45) is 36.3. The van der Waals surface area contributed by atoms with E-state index in [1.807, 2.05) is 0 Å². The van der Waals surface area contributed by atoms with Crippen LogP contribution in [-0.4, -0.2) is 0 Å². The summed E-state index contributed by atoms with van der Waals surface area (Å²) in [6.45, 7) is 4.61. The second kappa shape index (κ2) is 22.3. The number of benzene rings is 4. The van der Waals surface area contributed by atoms with Crippen molar-refractivity contribution in [3.63, 3.8) is 0 Å². The molecule has 0 saturated carbocycles. The van der Waals surface area contributed by atoms with Gasteiger partial charge in [-0.25, -0.2) is 0 Å². The van der Waals surface area contributed by atoms with E-state index in [0.717, 1.165) is 0 Å². The Bertz CT molecular complexity index is 1270. The van der Waals surface area contributed by atoms with Gasteiger partial charge in [0.25, 0.3) is 0 Å². The van der Waals surface area contributed by atoms with Crippen molar-refractivity contribution in [2.24, 2.45) is 0 Å². The Hall–Kier alpha value is -2.34. The molecule has 0 aromatic heterocycles. The Morgan fingerprint density at radius 3 is 0.848 bits per heavy atom. The highest BCUT2D eigenvalue weighted by atomic mass is 14.1. The van der Waals surface area contributed by atoms with E-state index >= 15 is 0 Å². The maximum absolute atomic E-state index is 2.42. The van der Waals surface area contributed by atoms with Crippen molar-refractivity contribution in [3.8, 4) is 0 Å². The van der Waals surface area contributed by atoms with E-state index in [1.165, 1.54) is 210 Å². The first-order chi connectivity index (χ1) is 22.8. The monoisotopic (exact) mass is 621 g/mol. The lowest BCUT2D eigenvalue weighted by atomic mass is 9.91. The topological polar surface area (TPSA) is 0 Å². The van der Waals surface area contributed by atoms with Gasteiger partial charge in [0.1, 0.15) is 0 Å². The van der Waals surface area contributed by atoms with E-state index in [0.29, 0.717) is 0 Å².